The summed E-state index contributed by atoms with van der Waals surface area (Å²) in [4.78, 5) is 13.8. The first-order chi connectivity index (χ1) is 8.63. The Morgan fingerprint density at radius 2 is 2.22 bits per heavy atom. The molecule has 1 rings (SSSR count). The minimum Gasteiger partial charge on any atom is -0.393 e. The highest BCUT2D eigenvalue weighted by Gasteiger charge is 2.26. The largest absolute Gasteiger partial charge is 0.393 e. The molecule has 2 atom stereocenters. The number of hydrogen-bond donors (Lipinski definition) is 2. The Morgan fingerprint density at radius 3 is 2.83 bits per heavy atom. The van der Waals surface area contributed by atoms with Gasteiger partial charge in [0.1, 0.15) is 0 Å². The van der Waals surface area contributed by atoms with Gasteiger partial charge in [-0.05, 0) is 32.2 Å². The minimum atomic E-state index is -0.257. The Balaban J connectivity index is 2.06. The number of hydrogen-bond acceptors (Lipinski definition) is 3. The van der Waals surface area contributed by atoms with Crippen LogP contribution in [-0.4, -0.2) is 48.2 Å². The number of rotatable bonds is 8. The van der Waals surface area contributed by atoms with E-state index in [0.29, 0.717) is 12.5 Å². The third-order valence-electron chi connectivity index (χ3n) is 3.71. The molecule has 0 saturated carbocycles. The summed E-state index contributed by atoms with van der Waals surface area (Å²) in [6.45, 7) is 7.08. The molecule has 0 aromatic heterocycles. The fourth-order valence-corrected chi connectivity index (χ4v) is 2.44. The third kappa shape index (κ3) is 5.83. The number of likely N-dealkylation sites (tertiary alicyclic amines) is 1. The third-order valence-corrected chi connectivity index (χ3v) is 3.71. The maximum absolute atomic E-state index is 11.7. The highest BCUT2D eigenvalue weighted by molar-refractivity contribution is 5.78. The zero-order valence-corrected chi connectivity index (χ0v) is 11.8. The molecule has 0 aromatic rings. The smallest absolute Gasteiger partial charge is 0.234 e. The fraction of sp³-hybridized carbons (Fsp3) is 0.929. The van der Waals surface area contributed by atoms with E-state index in [1.54, 1.807) is 0 Å². The van der Waals surface area contributed by atoms with Crippen molar-refractivity contribution >= 4 is 5.91 Å². The van der Waals surface area contributed by atoms with Crippen molar-refractivity contribution in [3.05, 3.63) is 0 Å². The van der Waals surface area contributed by atoms with E-state index >= 15 is 0 Å². The van der Waals surface area contributed by atoms with Crippen molar-refractivity contribution in [1.82, 2.24) is 10.2 Å². The van der Waals surface area contributed by atoms with Crippen LogP contribution in [0.4, 0.5) is 0 Å². The van der Waals surface area contributed by atoms with Gasteiger partial charge in [-0.25, -0.2) is 0 Å². The second kappa shape index (κ2) is 8.48. The Kier molecular flexibility index (Phi) is 7.28. The summed E-state index contributed by atoms with van der Waals surface area (Å²) in [5.74, 6) is 0.458. The Bertz CT molecular complexity index is 244. The average molecular weight is 256 g/mol. The Labute approximate surface area is 111 Å². The maximum Gasteiger partial charge on any atom is 0.234 e. The molecule has 2 unspecified atom stereocenters. The van der Waals surface area contributed by atoms with Crippen molar-refractivity contribution in [3.8, 4) is 0 Å². The molecular formula is C14H28N2O2. The topological polar surface area (TPSA) is 52.6 Å². The Hall–Kier alpha value is -0.610. The zero-order chi connectivity index (χ0) is 13.4. The predicted octanol–water partition coefficient (Wildman–Crippen LogP) is 1.39. The van der Waals surface area contributed by atoms with E-state index in [9.17, 15) is 9.90 Å². The lowest BCUT2D eigenvalue weighted by Crippen LogP contribution is -2.37. The van der Waals surface area contributed by atoms with Crippen LogP contribution in [0.25, 0.3) is 0 Å². The van der Waals surface area contributed by atoms with Gasteiger partial charge in [-0.3, -0.25) is 9.69 Å². The van der Waals surface area contributed by atoms with Crippen LogP contribution >= 0.6 is 0 Å². The van der Waals surface area contributed by atoms with Crippen LogP contribution in [0, 0.1) is 5.92 Å². The SMILES string of the molecule is CCCCCCNC(=O)CN1CCC(C(C)O)C1. The molecule has 0 spiro atoms. The molecule has 18 heavy (non-hydrogen) atoms. The lowest BCUT2D eigenvalue weighted by atomic mass is 10.0. The molecule has 1 amide bonds. The molecule has 0 aromatic carbocycles. The van der Waals surface area contributed by atoms with Crippen LogP contribution in [0.1, 0.15) is 46.0 Å². The predicted molar refractivity (Wildman–Crippen MR) is 73.4 cm³/mol. The number of aliphatic hydroxyl groups excluding tert-OH is 1. The molecule has 0 aliphatic carbocycles. The number of carbonyl (C=O) groups is 1. The second-order valence-corrected chi connectivity index (χ2v) is 5.44. The van der Waals surface area contributed by atoms with Crippen LogP contribution in [0.2, 0.25) is 0 Å². The van der Waals surface area contributed by atoms with Crippen molar-refractivity contribution in [2.45, 2.75) is 52.1 Å². The summed E-state index contributed by atoms with van der Waals surface area (Å²) in [5.41, 5.74) is 0. The van der Waals surface area contributed by atoms with E-state index in [-0.39, 0.29) is 12.0 Å². The minimum absolute atomic E-state index is 0.123. The van der Waals surface area contributed by atoms with Gasteiger partial charge < -0.3 is 10.4 Å². The van der Waals surface area contributed by atoms with E-state index in [2.05, 4.69) is 17.1 Å². The lowest BCUT2D eigenvalue weighted by Gasteiger charge is -2.16. The van der Waals surface area contributed by atoms with Gasteiger partial charge in [0, 0.05) is 13.1 Å². The van der Waals surface area contributed by atoms with E-state index in [1.807, 2.05) is 6.92 Å². The van der Waals surface area contributed by atoms with Crippen molar-refractivity contribution in [3.63, 3.8) is 0 Å². The van der Waals surface area contributed by atoms with Gasteiger partial charge in [0.05, 0.1) is 12.6 Å². The van der Waals surface area contributed by atoms with Crippen molar-refractivity contribution in [2.24, 2.45) is 5.92 Å². The molecular weight excluding hydrogens is 228 g/mol. The van der Waals surface area contributed by atoms with Gasteiger partial charge in [-0.15, -0.1) is 0 Å². The molecule has 1 aliphatic heterocycles. The van der Waals surface area contributed by atoms with Gasteiger partial charge in [-0.1, -0.05) is 26.2 Å². The van der Waals surface area contributed by atoms with Crippen LogP contribution in [0.15, 0.2) is 0 Å². The fourth-order valence-electron chi connectivity index (χ4n) is 2.44. The summed E-state index contributed by atoms with van der Waals surface area (Å²) in [5, 5.41) is 12.5. The number of aliphatic hydroxyl groups is 1. The van der Waals surface area contributed by atoms with Gasteiger partial charge in [0.2, 0.25) is 5.91 Å². The molecule has 0 bridgehead atoms. The van der Waals surface area contributed by atoms with E-state index in [1.165, 1.54) is 19.3 Å². The normalized spacial score (nSPS) is 22.1. The molecule has 1 saturated heterocycles. The van der Waals surface area contributed by atoms with Crippen LogP contribution < -0.4 is 5.32 Å². The van der Waals surface area contributed by atoms with Crippen LogP contribution in [-0.2, 0) is 4.79 Å². The molecule has 4 nitrogen and oxygen atoms in total. The van der Waals surface area contributed by atoms with Crippen LogP contribution in [0.3, 0.4) is 0 Å². The first-order valence-corrected chi connectivity index (χ1v) is 7.30. The van der Waals surface area contributed by atoms with E-state index < -0.39 is 0 Å². The van der Waals surface area contributed by atoms with E-state index in [4.69, 9.17) is 0 Å². The zero-order valence-electron chi connectivity index (χ0n) is 11.8. The van der Waals surface area contributed by atoms with Crippen LogP contribution in [0.5, 0.6) is 0 Å². The first kappa shape index (κ1) is 15.4. The summed E-state index contributed by atoms with van der Waals surface area (Å²) in [6, 6.07) is 0. The lowest BCUT2D eigenvalue weighted by molar-refractivity contribution is -0.122. The molecule has 2 N–H and O–H groups in total. The summed E-state index contributed by atoms with van der Waals surface area (Å²) >= 11 is 0. The quantitative estimate of drug-likeness (QED) is 0.645. The van der Waals surface area contributed by atoms with Crippen molar-refractivity contribution in [2.75, 3.05) is 26.2 Å². The average Bonchev–Trinajstić information content (AvgIpc) is 2.77. The molecule has 1 heterocycles. The number of nitrogens with zero attached hydrogens (tertiary/aromatic N) is 1. The maximum atomic E-state index is 11.7. The first-order valence-electron chi connectivity index (χ1n) is 7.30. The van der Waals surface area contributed by atoms with E-state index in [0.717, 1.165) is 32.5 Å². The molecule has 1 aliphatic rings. The van der Waals surface area contributed by atoms with Gasteiger partial charge in [0.15, 0.2) is 0 Å². The number of unbranched alkanes of at least 4 members (excludes halogenated alkanes) is 3. The van der Waals surface area contributed by atoms with Crippen molar-refractivity contribution in [1.29, 1.82) is 0 Å². The second-order valence-electron chi connectivity index (χ2n) is 5.44. The standard InChI is InChI=1S/C14H28N2O2/c1-3-4-5-6-8-15-14(18)11-16-9-7-13(10-16)12(2)17/h12-13,17H,3-11H2,1-2H3,(H,15,18). The number of nitrogens with one attached hydrogen (secondary N) is 1. The van der Waals surface area contributed by atoms with Gasteiger partial charge in [-0.2, -0.15) is 0 Å². The molecule has 106 valence electrons. The van der Waals surface area contributed by atoms with Gasteiger partial charge >= 0.3 is 0 Å². The number of amides is 1. The summed E-state index contributed by atoms with van der Waals surface area (Å²) in [7, 11) is 0. The summed E-state index contributed by atoms with van der Waals surface area (Å²) < 4.78 is 0. The molecule has 4 heteroatoms. The Morgan fingerprint density at radius 1 is 1.44 bits per heavy atom. The molecule has 0 radical (unpaired) electrons. The van der Waals surface area contributed by atoms with Crippen molar-refractivity contribution < 1.29 is 9.90 Å². The van der Waals surface area contributed by atoms with Gasteiger partial charge in [0.25, 0.3) is 0 Å². The number of carbonyl (C=O) groups excluding carboxylic acids is 1. The highest BCUT2D eigenvalue weighted by Crippen LogP contribution is 2.18. The summed E-state index contributed by atoms with van der Waals surface area (Å²) in [6.07, 6.45) is 5.50. The highest BCUT2D eigenvalue weighted by atomic mass is 16.3. The molecule has 1 fully saturated rings. The monoisotopic (exact) mass is 256 g/mol.